The molecule has 0 amide bonds. The fourth-order valence-corrected chi connectivity index (χ4v) is 3.44. The Kier molecular flexibility index (Phi) is 5.90. The minimum absolute atomic E-state index is 0.264. The molecular formula is C22H22F2N2O2. The molecule has 1 aromatic heterocycles. The van der Waals surface area contributed by atoms with Gasteiger partial charge >= 0.3 is 5.97 Å². The summed E-state index contributed by atoms with van der Waals surface area (Å²) in [4.78, 5) is 11.8. The molecule has 0 fully saturated rings. The molecule has 0 bridgehead atoms. The first kappa shape index (κ1) is 19.8. The van der Waals surface area contributed by atoms with Crippen LogP contribution in [0.3, 0.4) is 0 Å². The van der Waals surface area contributed by atoms with Crippen molar-refractivity contribution in [1.29, 1.82) is 0 Å². The van der Waals surface area contributed by atoms with Gasteiger partial charge in [0.25, 0.3) is 0 Å². The highest BCUT2D eigenvalue weighted by molar-refractivity contribution is 5.91. The van der Waals surface area contributed by atoms with Crippen LogP contribution < -0.4 is 5.32 Å². The van der Waals surface area contributed by atoms with Gasteiger partial charge in [-0.25, -0.2) is 13.6 Å². The lowest BCUT2D eigenvalue weighted by Gasteiger charge is -2.10. The van der Waals surface area contributed by atoms with Crippen molar-refractivity contribution in [3.8, 4) is 0 Å². The second-order valence-corrected chi connectivity index (χ2v) is 6.78. The first-order valence-electron chi connectivity index (χ1n) is 8.98. The van der Waals surface area contributed by atoms with E-state index in [0.29, 0.717) is 30.9 Å². The average Bonchev–Trinajstić information content (AvgIpc) is 2.88. The largest absolute Gasteiger partial charge is 0.478 e. The first-order valence-corrected chi connectivity index (χ1v) is 8.98. The molecule has 0 unspecified atom stereocenters. The third kappa shape index (κ3) is 4.28. The summed E-state index contributed by atoms with van der Waals surface area (Å²) in [5, 5.41) is 12.9. The standard InChI is InChI=1S/C22H22F2N2O2/c1-14-20(12-25-11-16-6-8-18(23)9-7-16)21(22(27)28)15(2)26(14)13-17-4-3-5-19(24)10-17/h3-10,25H,11-13H2,1-2H3,(H,27,28). The number of aromatic carboxylic acids is 1. The van der Waals surface area contributed by atoms with E-state index in [4.69, 9.17) is 0 Å². The van der Waals surface area contributed by atoms with Crippen LogP contribution in [0.25, 0.3) is 0 Å². The fraction of sp³-hybridized carbons (Fsp3) is 0.227. The van der Waals surface area contributed by atoms with Gasteiger partial charge in [-0.3, -0.25) is 0 Å². The molecule has 28 heavy (non-hydrogen) atoms. The van der Waals surface area contributed by atoms with Gasteiger partial charge in [0.1, 0.15) is 11.6 Å². The molecule has 146 valence electrons. The van der Waals surface area contributed by atoms with E-state index < -0.39 is 5.97 Å². The Bertz CT molecular complexity index is 995. The van der Waals surface area contributed by atoms with Gasteiger partial charge in [0.05, 0.1) is 5.56 Å². The summed E-state index contributed by atoms with van der Waals surface area (Å²) in [7, 11) is 0. The summed E-state index contributed by atoms with van der Waals surface area (Å²) in [5.74, 6) is -1.60. The van der Waals surface area contributed by atoms with Crippen molar-refractivity contribution in [2.75, 3.05) is 0 Å². The first-order chi connectivity index (χ1) is 13.4. The molecule has 0 saturated heterocycles. The van der Waals surface area contributed by atoms with Crippen LogP contribution >= 0.6 is 0 Å². The predicted molar refractivity (Wildman–Crippen MR) is 103 cm³/mol. The van der Waals surface area contributed by atoms with Gasteiger partial charge in [-0.2, -0.15) is 0 Å². The summed E-state index contributed by atoms with van der Waals surface area (Å²) in [6, 6.07) is 12.4. The van der Waals surface area contributed by atoms with Crippen molar-refractivity contribution in [1.82, 2.24) is 9.88 Å². The molecular weight excluding hydrogens is 362 g/mol. The van der Waals surface area contributed by atoms with E-state index in [1.54, 1.807) is 25.1 Å². The fourth-order valence-electron chi connectivity index (χ4n) is 3.44. The molecule has 0 radical (unpaired) electrons. The van der Waals surface area contributed by atoms with Crippen molar-refractivity contribution >= 4 is 5.97 Å². The van der Waals surface area contributed by atoms with Gasteiger partial charge in [-0.15, -0.1) is 0 Å². The zero-order valence-corrected chi connectivity index (χ0v) is 15.8. The second kappa shape index (κ2) is 8.35. The quantitative estimate of drug-likeness (QED) is 0.634. The molecule has 2 aromatic carbocycles. The lowest BCUT2D eigenvalue weighted by molar-refractivity contribution is 0.0694. The molecule has 1 heterocycles. The zero-order valence-electron chi connectivity index (χ0n) is 15.8. The van der Waals surface area contributed by atoms with Crippen LogP contribution in [-0.4, -0.2) is 15.6 Å². The second-order valence-electron chi connectivity index (χ2n) is 6.78. The number of aromatic nitrogens is 1. The van der Waals surface area contributed by atoms with Crippen LogP contribution in [-0.2, 0) is 19.6 Å². The van der Waals surface area contributed by atoms with E-state index >= 15 is 0 Å². The predicted octanol–water partition coefficient (Wildman–Crippen LogP) is 4.42. The molecule has 0 aliphatic rings. The summed E-state index contributed by atoms with van der Waals surface area (Å²) >= 11 is 0. The molecule has 6 heteroatoms. The van der Waals surface area contributed by atoms with Gasteiger partial charge in [0.2, 0.25) is 0 Å². The third-order valence-corrected chi connectivity index (χ3v) is 4.90. The summed E-state index contributed by atoms with van der Waals surface area (Å²) in [6.07, 6.45) is 0. The number of hydrogen-bond acceptors (Lipinski definition) is 2. The lowest BCUT2D eigenvalue weighted by atomic mass is 10.1. The molecule has 2 N–H and O–H groups in total. The number of nitrogens with one attached hydrogen (secondary N) is 1. The highest BCUT2D eigenvalue weighted by atomic mass is 19.1. The van der Waals surface area contributed by atoms with E-state index in [-0.39, 0.29) is 17.2 Å². The van der Waals surface area contributed by atoms with Crippen LogP contribution in [0.4, 0.5) is 8.78 Å². The van der Waals surface area contributed by atoms with Crippen LogP contribution in [0.15, 0.2) is 48.5 Å². The maximum atomic E-state index is 13.5. The topological polar surface area (TPSA) is 54.3 Å². The Hall–Kier alpha value is -2.99. The maximum absolute atomic E-state index is 13.5. The van der Waals surface area contributed by atoms with Crippen LogP contribution in [0.5, 0.6) is 0 Å². The molecule has 0 aliphatic carbocycles. The van der Waals surface area contributed by atoms with Crippen molar-refractivity contribution in [2.45, 2.75) is 33.5 Å². The number of hydrogen-bond donors (Lipinski definition) is 2. The number of carboxylic acid groups (broad SMARTS) is 1. The normalized spacial score (nSPS) is 11.0. The number of rotatable bonds is 7. The Balaban J connectivity index is 1.83. The van der Waals surface area contributed by atoms with Crippen molar-refractivity contribution in [3.05, 3.63) is 93.8 Å². The monoisotopic (exact) mass is 384 g/mol. The Morgan fingerprint density at radius 1 is 0.964 bits per heavy atom. The number of nitrogens with zero attached hydrogens (tertiary/aromatic N) is 1. The van der Waals surface area contributed by atoms with Crippen molar-refractivity contribution in [3.63, 3.8) is 0 Å². The molecule has 0 aliphatic heterocycles. The lowest BCUT2D eigenvalue weighted by Crippen LogP contribution is -2.15. The van der Waals surface area contributed by atoms with Gasteiger partial charge in [0, 0.05) is 36.6 Å². The highest BCUT2D eigenvalue weighted by Gasteiger charge is 2.22. The van der Waals surface area contributed by atoms with Crippen LogP contribution in [0, 0.1) is 25.5 Å². The van der Waals surface area contributed by atoms with E-state index in [0.717, 1.165) is 16.8 Å². The zero-order chi connectivity index (χ0) is 20.3. The minimum Gasteiger partial charge on any atom is -0.478 e. The molecule has 0 atom stereocenters. The number of halogens is 2. The summed E-state index contributed by atoms with van der Waals surface area (Å²) < 4.78 is 28.4. The van der Waals surface area contributed by atoms with E-state index in [9.17, 15) is 18.7 Å². The molecule has 0 saturated carbocycles. The van der Waals surface area contributed by atoms with Crippen LogP contribution in [0.1, 0.15) is 38.4 Å². The molecule has 3 rings (SSSR count). The highest BCUT2D eigenvalue weighted by Crippen LogP contribution is 2.24. The van der Waals surface area contributed by atoms with E-state index in [1.807, 2.05) is 17.6 Å². The SMILES string of the molecule is Cc1c(CNCc2ccc(F)cc2)c(C(=O)O)c(C)n1Cc1cccc(F)c1. The number of carbonyl (C=O) groups is 1. The minimum atomic E-state index is -0.989. The summed E-state index contributed by atoms with van der Waals surface area (Å²) in [5.41, 5.74) is 4.10. The van der Waals surface area contributed by atoms with Gasteiger partial charge in [-0.1, -0.05) is 24.3 Å². The number of benzene rings is 2. The molecule has 3 aromatic rings. The average molecular weight is 384 g/mol. The van der Waals surface area contributed by atoms with E-state index in [2.05, 4.69) is 5.32 Å². The van der Waals surface area contributed by atoms with Gasteiger partial charge in [-0.05, 0) is 49.2 Å². The Labute approximate surface area is 162 Å². The van der Waals surface area contributed by atoms with E-state index in [1.165, 1.54) is 24.3 Å². The van der Waals surface area contributed by atoms with Gasteiger partial charge < -0.3 is 15.0 Å². The molecule has 0 spiro atoms. The van der Waals surface area contributed by atoms with Crippen LogP contribution in [0.2, 0.25) is 0 Å². The Morgan fingerprint density at radius 2 is 1.68 bits per heavy atom. The third-order valence-electron chi connectivity index (χ3n) is 4.90. The summed E-state index contributed by atoms with van der Waals surface area (Å²) in [6.45, 7) is 4.88. The Morgan fingerprint density at radius 3 is 2.32 bits per heavy atom. The van der Waals surface area contributed by atoms with Gasteiger partial charge in [0.15, 0.2) is 0 Å². The van der Waals surface area contributed by atoms with Crippen molar-refractivity contribution in [2.24, 2.45) is 0 Å². The number of carboxylic acids is 1. The maximum Gasteiger partial charge on any atom is 0.337 e. The smallest absolute Gasteiger partial charge is 0.337 e. The van der Waals surface area contributed by atoms with Crippen molar-refractivity contribution < 1.29 is 18.7 Å². The molecule has 4 nitrogen and oxygen atoms in total.